The van der Waals surface area contributed by atoms with Crippen LogP contribution < -0.4 is 0 Å². The van der Waals surface area contributed by atoms with Crippen molar-refractivity contribution in [1.82, 2.24) is 14.8 Å². The molecule has 0 radical (unpaired) electrons. The van der Waals surface area contributed by atoms with Gasteiger partial charge in [-0.1, -0.05) is 24.3 Å². The van der Waals surface area contributed by atoms with E-state index >= 15 is 0 Å². The highest BCUT2D eigenvalue weighted by atomic mass is 16.2. The third-order valence-corrected chi connectivity index (χ3v) is 5.65. The Hall–Kier alpha value is -1.94. The number of likely N-dealkylation sites (tertiary alicyclic amines) is 2. The van der Waals surface area contributed by atoms with Crippen LogP contribution in [-0.2, 0) is 11.3 Å². The van der Waals surface area contributed by atoms with Gasteiger partial charge in [-0.3, -0.25) is 14.7 Å². The molecule has 3 heterocycles. The number of carbonyl (C=O) groups is 1. The van der Waals surface area contributed by atoms with E-state index in [-0.39, 0.29) is 5.91 Å². The molecule has 2 aliphatic heterocycles. The fraction of sp³-hybridized carbons (Fsp3) is 0.500. The number of fused-ring (bicyclic) bond motifs is 1. The topological polar surface area (TPSA) is 36.4 Å². The average molecular weight is 323 g/mol. The Bertz CT molecular complexity index is 739. The van der Waals surface area contributed by atoms with Crippen molar-refractivity contribution < 1.29 is 4.79 Å². The average Bonchev–Trinajstić information content (AvgIpc) is 3.23. The fourth-order valence-electron chi connectivity index (χ4n) is 4.58. The van der Waals surface area contributed by atoms with Gasteiger partial charge in [0.1, 0.15) is 0 Å². The summed E-state index contributed by atoms with van der Waals surface area (Å²) in [5, 5.41) is 1.21. The largest absolute Gasteiger partial charge is 0.338 e. The minimum atomic E-state index is 0.233. The molecule has 24 heavy (non-hydrogen) atoms. The number of amides is 1. The van der Waals surface area contributed by atoms with E-state index in [1.54, 1.807) is 6.92 Å². The highest BCUT2D eigenvalue weighted by Gasteiger charge is 2.38. The van der Waals surface area contributed by atoms with Crippen LogP contribution in [0.5, 0.6) is 0 Å². The third kappa shape index (κ3) is 2.80. The van der Waals surface area contributed by atoms with Crippen LogP contribution in [0.3, 0.4) is 0 Å². The molecule has 1 aromatic heterocycles. The Kier molecular flexibility index (Phi) is 4.23. The number of nitrogens with zero attached hydrogens (tertiary/aromatic N) is 3. The van der Waals surface area contributed by atoms with Crippen LogP contribution in [0.2, 0.25) is 0 Å². The summed E-state index contributed by atoms with van der Waals surface area (Å²) < 4.78 is 0. The van der Waals surface area contributed by atoms with Crippen molar-refractivity contribution in [1.29, 1.82) is 0 Å². The summed E-state index contributed by atoms with van der Waals surface area (Å²) in [6.07, 6.45) is 6.60. The lowest BCUT2D eigenvalue weighted by atomic mass is 10.0. The number of benzene rings is 1. The molecule has 1 amide bonds. The lowest BCUT2D eigenvalue weighted by molar-refractivity contribution is -0.130. The van der Waals surface area contributed by atoms with Crippen molar-refractivity contribution in [2.24, 2.45) is 0 Å². The Labute approximate surface area is 143 Å². The summed E-state index contributed by atoms with van der Waals surface area (Å²) in [6.45, 7) is 4.70. The van der Waals surface area contributed by atoms with Gasteiger partial charge in [-0.15, -0.1) is 0 Å². The Balaban J connectivity index is 1.58. The van der Waals surface area contributed by atoms with E-state index in [9.17, 15) is 4.79 Å². The number of pyridine rings is 1. The van der Waals surface area contributed by atoms with E-state index in [1.165, 1.54) is 23.8 Å². The molecular formula is C20H25N3O. The van der Waals surface area contributed by atoms with Crippen molar-refractivity contribution in [3.8, 4) is 0 Å². The summed E-state index contributed by atoms with van der Waals surface area (Å²) in [6, 6.07) is 11.5. The van der Waals surface area contributed by atoms with Gasteiger partial charge >= 0.3 is 0 Å². The van der Waals surface area contributed by atoms with Crippen LogP contribution >= 0.6 is 0 Å². The Morgan fingerprint density at radius 1 is 1.12 bits per heavy atom. The first-order valence-corrected chi connectivity index (χ1v) is 9.08. The molecule has 0 saturated carbocycles. The monoisotopic (exact) mass is 323 g/mol. The van der Waals surface area contributed by atoms with Gasteiger partial charge in [0.15, 0.2) is 0 Å². The maximum absolute atomic E-state index is 12.0. The van der Waals surface area contributed by atoms with Crippen molar-refractivity contribution >= 4 is 16.8 Å². The standard InChI is InChI=1S/C20H25N3O/c1-15(24)23-13-5-10-19(23)18-9-4-12-22(18)14-17-7-2-6-16-8-3-11-21-20(16)17/h2-3,6-8,11,18-19H,4-5,9-10,12-14H2,1H3/t18-,19+/m0/s1. The molecule has 2 atom stereocenters. The zero-order valence-corrected chi connectivity index (χ0v) is 14.3. The first kappa shape index (κ1) is 15.6. The van der Waals surface area contributed by atoms with Gasteiger partial charge in [0.05, 0.1) is 5.52 Å². The maximum atomic E-state index is 12.0. The zero-order chi connectivity index (χ0) is 16.5. The van der Waals surface area contributed by atoms with Gasteiger partial charge in [0.2, 0.25) is 5.91 Å². The number of para-hydroxylation sites is 1. The van der Waals surface area contributed by atoms with Gasteiger partial charge in [-0.2, -0.15) is 0 Å². The number of rotatable bonds is 3. The predicted molar refractivity (Wildman–Crippen MR) is 95.6 cm³/mol. The van der Waals surface area contributed by atoms with Crippen molar-refractivity contribution in [3.63, 3.8) is 0 Å². The van der Waals surface area contributed by atoms with Gasteiger partial charge in [-0.25, -0.2) is 0 Å². The van der Waals surface area contributed by atoms with E-state index in [1.807, 2.05) is 12.3 Å². The number of carbonyl (C=O) groups excluding carboxylic acids is 1. The molecule has 0 aliphatic carbocycles. The van der Waals surface area contributed by atoms with Crippen molar-refractivity contribution in [2.75, 3.05) is 13.1 Å². The van der Waals surface area contributed by atoms with E-state index in [2.05, 4.69) is 39.0 Å². The van der Waals surface area contributed by atoms with E-state index < -0.39 is 0 Å². The second kappa shape index (κ2) is 6.52. The summed E-state index contributed by atoms with van der Waals surface area (Å²) in [7, 11) is 0. The van der Waals surface area contributed by atoms with E-state index in [4.69, 9.17) is 0 Å². The van der Waals surface area contributed by atoms with Gasteiger partial charge in [0.25, 0.3) is 0 Å². The van der Waals surface area contributed by atoms with Crippen molar-refractivity contribution in [2.45, 2.75) is 51.2 Å². The van der Waals surface area contributed by atoms with Crippen LogP contribution in [0.15, 0.2) is 36.5 Å². The number of hydrogen-bond donors (Lipinski definition) is 0. The molecule has 1 aromatic carbocycles. The third-order valence-electron chi connectivity index (χ3n) is 5.65. The summed E-state index contributed by atoms with van der Waals surface area (Å²) in [4.78, 5) is 21.2. The smallest absolute Gasteiger partial charge is 0.219 e. The van der Waals surface area contributed by atoms with E-state index in [0.29, 0.717) is 12.1 Å². The van der Waals surface area contributed by atoms with E-state index in [0.717, 1.165) is 38.0 Å². The molecule has 0 spiro atoms. The first-order valence-electron chi connectivity index (χ1n) is 9.08. The lowest BCUT2D eigenvalue weighted by Crippen LogP contribution is -2.47. The normalized spacial score (nSPS) is 24.8. The molecule has 126 valence electrons. The molecule has 4 rings (SSSR count). The number of hydrogen-bond acceptors (Lipinski definition) is 3. The van der Waals surface area contributed by atoms with Crippen LogP contribution in [0.25, 0.3) is 10.9 Å². The minimum Gasteiger partial charge on any atom is -0.338 e. The molecule has 2 aromatic rings. The van der Waals surface area contributed by atoms with Crippen molar-refractivity contribution in [3.05, 3.63) is 42.1 Å². The molecular weight excluding hydrogens is 298 g/mol. The highest BCUT2D eigenvalue weighted by Crippen LogP contribution is 2.31. The SMILES string of the molecule is CC(=O)N1CCC[C@@H]1[C@@H]1CCCN1Cc1cccc2cccnc12. The molecule has 2 aliphatic rings. The molecule has 4 nitrogen and oxygen atoms in total. The quantitative estimate of drug-likeness (QED) is 0.870. The molecule has 2 fully saturated rings. The summed E-state index contributed by atoms with van der Waals surface area (Å²) in [5.41, 5.74) is 2.41. The van der Waals surface area contributed by atoms with Gasteiger partial charge < -0.3 is 4.90 Å². The molecule has 0 bridgehead atoms. The molecule has 0 N–H and O–H groups in total. The second-order valence-electron chi connectivity index (χ2n) is 7.09. The van der Waals surface area contributed by atoms with Crippen LogP contribution in [-0.4, -0.2) is 45.9 Å². The lowest BCUT2D eigenvalue weighted by Gasteiger charge is -2.34. The van der Waals surface area contributed by atoms with Crippen LogP contribution in [0.1, 0.15) is 38.2 Å². The maximum Gasteiger partial charge on any atom is 0.219 e. The van der Waals surface area contributed by atoms with Crippen LogP contribution in [0, 0.1) is 0 Å². The fourth-order valence-corrected chi connectivity index (χ4v) is 4.58. The zero-order valence-electron chi connectivity index (χ0n) is 14.3. The van der Waals surface area contributed by atoms with Gasteiger partial charge in [0, 0.05) is 43.7 Å². The summed E-state index contributed by atoms with van der Waals surface area (Å²) >= 11 is 0. The molecule has 2 saturated heterocycles. The molecule has 0 unspecified atom stereocenters. The highest BCUT2D eigenvalue weighted by molar-refractivity contribution is 5.81. The van der Waals surface area contributed by atoms with Crippen LogP contribution in [0.4, 0.5) is 0 Å². The second-order valence-corrected chi connectivity index (χ2v) is 7.09. The van der Waals surface area contributed by atoms with Gasteiger partial charge in [-0.05, 0) is 43.9 Å². The Morgan fingerprint density at radius 3 is 2.79 bits per heavy atom. The summed E-state index contributed by atoms with van der Waals surface area (Å²) in [5.74, 6) is 0.233. The number of aromatic nitrogens is 1. The molecule has 4 heteroatoms. The minimum absolute atomic E-state index is 0.233. The predicted octanol–water partition coefficient (Wildman–Crippen LogP) is 3.21. The first-order chi connectivity index (χ1) is 11.7. The Morgan fingerprint density at radius 2 is 1.92 bits per heavy atom.